The molecule has 0 fully saturated rings. The lowest BCUT2D eigenvalue weighted by atomic mass is 10.1. The van der Waals surface area contributed by atoms with Crippen LogP contribution in [0.25, 0.3) is 0 Å². The van der Waals surface area contributed by atoms with Crippen LogP contribution in [0.15, 0.2) is 42.5 Å². The molecule has 6 nitrogen and oxygen atoms in total. The molecule has 1 aliphatic heterocycles. The lowest BCUT2D eigenvalue weighted by molar-refractivity contribution is -0.115. The van der Waals surface area contributed by atoms with Crippen molar-refractivity contribution in [2.75, 3.05) is 17.2 Å². The summed E-state index contributed by atoms with van der Waals surface area (Å²) in [5, 5.41) is 5.50. The second-order valence-electron chi connectivity index (χ2n) is 5.76. The van der Waals surface area contributed by atoms with Crippen LogP contribution < -0.4 is 10.6 Å². The molecule has 2 aromatic rings. The zero-order chi connectivity index (χ0) is 17.8. The standard InChI is InChI=1S/C19H18N2O4/c1-2-9-25-19(24)12-3-6-15(7-4-12)20-18(23)13-5-8-16-14(10-13)11-17(22)21-16/h3-8,10H,2,9,11H2,1H3,(H,20,23)(H,21,22). The van der Waals surface area contributed by atoms with Gasteiger partial charge in [-0.1, -0.05) is 6.92 Å². The van der Waals surface area contributed by atoms with Crippen molar-refractivity contribution in [3.63, 3.8) is 0 Å². The summed E-state index contributed by atoms with van der Waals surface area (Å²) in [6.45, 7) is 2.31. The van der Waals surface area contributed by atoms with Gasteiger partial charge in [0.05, 0.1) is 18.6 Å². The fourth-order valence-electron chi connectivity index (χ4n) is 2.54. The molecule has 0 radical (unpaired) electrons. The third kappa shape index (κ3) is 3.85. The fraction of sp³-hybridized carbons (Fsp3) is 0.211. The highest BCUT2D eigenvalue weighted by Gasteiger charge is 2.19. The average molecular weight is 338 g/mol. The molecule has 0 aliphatic carbocycles. The first-order valence-electron chi connectivity index (χ1n) is 8.08. The van der Waals surface area contributed by atoms with E-state index in [-0.39, 0.29) is 24.2 Å². The summed E-state index contributed by atoms with van der Waals surface area (Å²) in [6.07, 6.45) is 1.05. The third-order valence-corrected chi connectivity index (χ3v) is 3.81. The van der Waals surface area contributed by atoms with Gasteiger partial charge in [0.15, 0.2) is 0 Å². The van der Waals surface area contributed by atoms with Crippen molar-refractivity contribution in [2.45, 2.75) is 19.8 Å². The number of ether oxygens (including phenoxy) is 1. The van der Waals surface area contributed by atoms with E-state index in [9.17, 15) is 14.4 Å². The predicted molar refractivity (Wildman–Crippen MR) is 93.7 cm³/mol. The molecule has 1 heterocycles. The van der Waals surface area contributed by atoms with Gasteiger partial charge in [0.25, 0.3) is 5.91 Å². The summed E-state index contributed by atoms with van der Waals surface area (Å²) >= 11 is 0. The SMILES string of the molecule is CCCOC(=O)c1ccc(NC(=O)c2ccc3c(c2)CC(=O)N3)cc1. The van der Waals surface area contributed by atoms with E-state index < -0.39 is 0 Å². The molecule has 0 atom stereocenters. The minimum atomic E-state index is -0.379. The van der Waals surface area contributed by atoms with Crippen LogP contribution in [0.3, 0.4) is 0 Å². The largest absolute Gasteiger partial charge is 0.462 e. The fourth-order valence-corrected chi connectivity index (χ4v) is 2.54. The summed E-state index contributed by atoms with van der Waals surface area (Å²) < 4.78 is 5.06. The van der Waals surface area contributed by atoms with Gasteiger partial charge in [0, 0.05) is 16.9 Å². The predicted octanol–water partition coefficient (Wildman–Crippen LogP) is 3.00. The molecule has 2 N–H and O–H groups in total. The molecule has 0 aromatic heterocycles. The van der Waals surface area contributed by atoms with Crippen LogP contribution in [0.5, 0.6) is 0 Å². The zero-order valence-corrected chi connectivity index (χ0v) is 13.8. The number of hydrogen-bond acceptors (Lipinski definition) is 4. The van der Waals surface area contributed by atoms with Crippen molar-refractivity contribution in [2.24, 2.45) is 0 Å². The minimum Gasteiger partial charge on any atom is -0.462 e. The van der Waals surface area contributed by atoms with Crippen LogP contribution in [0.4, 0.5) is 11.4 Å². The molecular weight excluding hydrogens is 320 g/mol. The number of carbonyl (C=O) groups excluding carboxylic acids is 3. The van der Waals surface area contributed by atoms with Crippen molar-refractivity contribution in [1.29, 1.82) is 0 Å². The second kappa shape index (κ2) is 7.17. The van der Waals surface area contributed by atoms with E-state index in [1.54, 1.807) is 42.5 Å². The third-order valence-electron chi connectivity index (χ3n) is 3.81. The highest BCUT2D eigenvalue weighted by atomic mass is 16.5. The van der Waals surface area contributed by atoms with Crippen molar-refractivity contribution in [1.82, 2.24) is 0 Å². The Labute approximate surface area is 145 Å². The Morgan fingerprint density at radius 2 is 1.84 bits per heavy atom. The zero-order valence-electron chi connectivity index (χ0n) is 13.8. The number of benzene rings is 2. The first-order valence-corrected chi connectivity index (χ1v) is 8.08. The first kappa shape index (κ1) is 16.7. The molecule has 2 aromatic carbocycles. The van der Waals surface area contributed by atoms with Gasteiger partial charge >= 0.3 is 5.97 Å². The van der Waals surface area contributed by atoms with Crippen LogP contribution in [0, 0.1) is 0 Å². The Hall–Kier alpha value is -3.15. The highest BCUT2D eigenvalue weighted by Crippen LogP contribution is 2.24. The Kier molecular flexibility index (Phi) is 4.79. The molecule has 25 heavy (non-hydrogen) atoms. The van der Waals surface area contributed by atoms with Gasteiger partial charge in [-0.05, 0) is 54.4 Å². The van der Waals surface area contributed by atoms with E-state index in [0.717, 1.165) is 17.7 Å². The Balaban J connectivity index is 1.66. The molecule has 2 amide bonds. The van der Waals surface area contributed by atoms with Crippen molar-refractivity contribution in [3.05, 3.63) is 59.2 Å². The number of esters is 1. The Bertz CT molecular complexity index is 828. The van der Waals surface area contributed by atoms with Crippen molar-refractivity contribution < 1.29 is 19.1 Å². The van der Waals surface area contributed by atoms with Crippen LogP contribution in [0.1, 0.15) is 39.6 Å². The van der Waals surface area contributed by atoms with Gasteiger partial charge in [-0.2, -0.15) is 0 Å². The minimum absolute atomic E-state index is 0.0712. The molecule has 0 saturated carbocycles. The van der Waals surface area contributed by atoms with Crippen molar-refractivity contribution >= 4 is 29.2 Å². The summed E-state index contributed by atoms with van der Waals surface area (Å²) in [5.41, 5.74) is 3.05. The van der Waals surface area contributed by atoms with Gasteiger partial charge in [0.2, 0.25) is 5.91 Å². The summed E-state index contributed by atoms with van der Waals surface area (Å²) in [7, 11) is 0. The summed E-state index contributed by atoms with van der Waals surface area (Å²) in [4.78, 5) is 35.5. The number of anilines is 2. The lowest BCUT2D eigenvalue weighted by Crippen LogP contribution is -2.12. The van der Waals surface area contributed by atoms with Crippen LogP contribution in [-0.4, -0.2) is 24.4 Å². The van der Waals surface area contributed by atoms with E-state index in [1.807, 2.05) is 6.92 Å². The van der Waals surface area contributed by atoms with Crippen LogP contribution >= 0.6 is 0 Å². The van der Waals surface area contributed by atoms with Crippen LogP contribution in [0.2, 0.25) is 0 Å². The monoisotopic (exact) mass is 338 g/mol. The Morgan fingerprint density at radius 1 is 1.12 bits per heavy atom. The molecule has 6 heteroatoms. The van der Waals surface area contributed by atoms with E-state index in [4.69, 9.17) is 4.74 Å². The van der Waals surface area contributed by atoms with Gasteiger partial charge < -0.3 is 15.4 Å². The number of fused-ring (bicyclic) bond motifs is 1. The highest BCUT2D eigenvalue weighted by molar-refractivity contribution is 6.06. The van der Waals surface area contributed by atoms with E-state index in [1.165, 1.54) is 0 Å². The van der Waals surface area contributed by atoms with Gasteiger partial charge in [0.1, 0.15) is 0 Å². The van der Waals surface area contributed by atoms with E-state index >= 15 is 0 Å². The molecule has 3 rings (SSSR count). The van der Waals surface area contributed by atoms with Gasteiger partial charge in [-0.15, -0.1) is 0 Å². The number of hydrogen-bond donors (Lipinski definition) is 2. The van der Waals surface area contributed by atoms with E-state index in [2.05, 4.69) is 10.6 Å². The molecule has 128 valence electrons. The maximum Gasteiger partial charge on any atom is 0.338 e. The maximum absolute atomic E-state index is 12.3. The molecule has 1 aliphatic rings. The van der Waals surface area contributed by atoms with E-state index in [0.29, 0.717) is 23.4 Å². The molecule has 0 spiro atoms. The molecule has 0 bridgehead atoms. The number of carbonyl (C=O) groups is 3. The second-order valence-corrected chi connectivity index (χ2v) is 5.76. The van der Waals surface area contributed by atoms with Gasteiger partial charge in [-0.25, -0.2) is 4.79 Å². The quantitative estimate of drug-likeness (QED) is 0.821. The maximum atomic E-state index is 12.3. The summed E-state index contributed by atoms with van der Waals surface area (Å²) in [5.74, 6) is -0.725. The molecular formula is C19H18N2O4. The van der Waals surface area contributed by atoms with Crippen LogP contribution in [-0.2, 0) is 16.0 Å². The topological polar surface area (TPSA) is 84.5 Å². The normalized spacial score (nSPS) is 12.3. The average Bonchev–Trinajstić information content (AvgIpc) is 2.99. The Morgan fingerprint density at radius 3 is 2.56 bits per heavy atom. The van der Waals surface area contributed by atoms with Crippen molar-refractivity contribution in [3.8, 4) is 0 Å². The van der Waals surface area contributed by atoms with Gasteiger partial charge in [-0.3, -0.25) is 9.59 Å². The summed E-state index contributed by atoms with van der Waals surface area (Å²) in [6, 6.07) is 11.6. The molecule has 0 unspecified atom stereocenters. The first-order chi connectivity index (χ1) is 12.1. The number of amides is 2. The smallest absolute Gasteiger partial charge is 0.338 e. The number of nitrogens with one attached hydrogen (secondary N) is 2. The molecule has 0 saturated heterocycles. The number of rotatable bonds is 5. The lowest BCUT2D eigenvalue weighted by Gasteiger charge is -2.08.